The first-order valence-corrected chi connectivity index (χ1v) is 13.4. The van der Waals surface area contributed by atoms with Crippen molar-refractivity contribution in [1.29, 1.82) is 0 Å². The molecule has 0 radical (unpaired) electrons. The fourth-order valence-electron chi connectivity index (χ4n) is 4.92. The minimum atomic E-state index is -3.30. The molecule has 0 spiro atoms. The van der Waals surface area contributed by atoms with Crippen LogP contribution in [0, 0.1) is 0 Å². The number of nitrogens with two attached hydrogens (primary N) is 1. The van der Waals surface area contributed by atoms with Crippen LogP contribution in [-0.4, -0.2) is 40.4 Å². The number of halogens is 1. The quantitative estimate of drug-likeness (QED) is 0.456. The predicted molar refractivity (Wildman–Crippen MR) is 129 cm³/mol. The van der Waals surface area contributed by atoms with E-state index >= 15 is 0 Å². The van der Waals surface area contributed by atoms with Crippen molar-refractivity contribution in [3.63, 3.8) is 0 Å². The molecular weight excluding hydrogens is 446 g/mol. The van der Waals surface area contributed by atoms with E-state index < -0.39 is 10.0 Å². The molecule has 2 aromatic carbocycles. The van der Waals surface area contributed by atoms with Gasteiger partial charge in [-0.25, -0.2) is 13.1 Å². The van der Waals surface area contributed by atoms with Crippen molar-refractivity contribution in [3.8, 4) is 5.75 Å². The van der Waals surface area contributed by atoms with Crippen LogP contribution in [0.5, 0.6) is 5.75 Å². The fraction of sp³-hybridized carbons (Fsp3) is 0.500. The summed E-state index contributed by atoms with van der Waals surface area (Å²) in [6, 6.07) is 14.8. The van der Waals surface area contributed by atoms with Gasteiger partial charge < -0.3 is 15.8 Å². The average Bonchev–Trinajstić information content (AvgIpc) is 2.76. The molecule has 1 unspecified atom stereocenters. The standard InChI is InChI=1S/C24H32ClN3O3S/c25-20-6-4-19(5-7-20)24(10-1-11-24)23-22-17-21(8-3-18(22)9-13-27-23)31-15-2-16-32(29,30)28-14-12-26/h3-8,17,23,27-28H,1-2,9-16,26H2. The zero-order valence-electron chi connectivity index (χ0n) is 18.3. The Morgan fingerprint density at radius 3 is 2.66 bits per heavy atom. The van der Waals surface area contributed by atoms with E-state index in [9.17, 15) is 8.42 Å². The molecule has 1 heterocycles. The monoisotopic (exact) mass is 477 g/mol. The van der Waals surface area contributed by atoms with Crippen molar-refractivity contribution in [1.82, 2.24) is 10.0 Å². The average molecular weight is 478 g/mol. The largest absolute Gasteiger partial charge is 0.494 e. The zero-order valence-corrected chi connectivity index (χ0v) is 19.9. The number of sulfonamides is 1. The van der Waals surface area contributed by atoms with E-state index in [4.69, 9.17) is 22.1 Å². The van der Waals surface area contributed by atoms with Gasteiger partial charge in [0.2, 0.25) is 10.0 Å². The molecule has 1 atom stereocenters. The molecule has 1 saturated carbocycles. The van der Waals surface area contributed by atoms with Gasteiger partial charge in [0.15, 0.2) is 0 Å². The van der Waals surface area contributed by atoms with E-state index in [-0.39, 0.29) is 30.3 Å². The summed E-state index contributed by atoms with van der Waals surface area (Å²) in [7, 11) is -3.30. The first-order valence-electron chi connectivity index (χ1n) is 11.4. The summed E-state index contributed by atoms with van der Waals surface area (Å²) >= 11 is 6.14. The molecular formula is C24H32ClN3O3S. The summed E-state index contributed by atoms with van der Waals surface area (Å²) in [6.07, 6.45) is 4.93. The topological polar surface area (TPSA) is 93.5 Å². The molecule has 0 saturated heterocycles. The lowest BCUT2D eigenvalue weighted by Gasteiger charge is -2.50. The number of ether oxygens (including phenoxy) is 1. The van der Waals surface area contributed by atoms with Crippen molar-refractivity contribution in [2.45, 2.75) is 43.6 Å². The maximum absolute atomic E-state index is 11.9. The van der Waals surface area contributed by atoms with Crippen molar-refractivity contribution < 1.29 is 13.2 Å². The highest BCUT2D eigenvalue weighted by Gasteiger charge is 2.47. The molecule has 8 heteroatoms. The minimum absolute atomic E-state index is 0.0296. The third-order valence-electron chi connectivity index (χ3n) is 6.68. The molecule has 174 valence electrons. The van der Waals surface area contributed by atoms with Gasteiger partial charge in [-0.2, -0.15) is 0 Å². The highest BCUT2D eigenvalue weighted by molar-refractivity contribution is 7.89. The smallest absolute Gasteiger partial charge is 0.211 e. The van der Waals surface area contributed by atoms with Crippen molar-refractivity contribution in [2.75, 3.05) is 32.0 Å². The number of rotatable bonds is 10. The number of fused-ring (bicyclic) bond motifs is 1. The third-order valence-corrected chi connectivity index (χ3v) is 8.40. The number of hydrogen-bond donors (Lipinski definition) is 3. The summed E-state index contributed by atoms with van der Waals surface area (Å²) in [5.41, 5.74) is 9.41. The van der Waals surface area contributed by atoms with E-state index in [1.54, 1.807) is 0 Å². The Morgan fingerprint density at radius 2 is 1.97 bits per heavy atom. The van der Waals surface area contributed by atoms with Crippen LogP contribution in [0.2, 0.25) is 5.02 Å². The van der Waals surface area contributed by atoms with Crippen LogP contribution in [0.3, 0.4) is 0 Å². The molecule has 4 N–H and O–H groups in total. The number of hydrogen-bond acceptors (Lipinski definition) is 5. The second kappa shape index (κ2) is 10.1. The van der Waals surface area contributed by atoms with Gasteiger partial charge in [0, 0.05) is 29.6 Å². The fourth-order valence-corrected chi connectivity index (χ4v) is 6.12. The van der Waals surface area contributed by atoms with Gasteiger partial charge in [-0.1, -0.05) is 36.2 Å². The highest BCUT2D eigenvalue weighted by atomic mass is 35.5. The predicted octanol–water partition coefficient (Wildman–Crippen LogP) is 3.30. The maximum atomic E-state index is 11.9. The lowest BCUT2D eigenvalue weighted by atomic mass is 9.58. The normalized spacial score (nSPS) is 19.8. The molecule has 6 nitrogen and oxygen atoms in total. The minimum Gasteiger partial charge on any atom is -0.494 e. The first kappa shape index (κ1) is 23.5. The van der Waals surface area contributed by atoms with Crippen molar-refractivity contribution in [2.24, 2.45) is 5.73 Å². The molecule has 2 aliphatic rings. The molecule has 4 rings (SSSR count). The molecule has 0 aromatic heterocycles. The van der Waals surface area contributed by atoms with E-state index in [2.05, 4.69) is 34.3 Å². The number of nitrogens with one attached hydrogen (secondary N) is 2. The summed E-state index contributed by atoms with van der Waals surface area (Å²) in [4.78, 5) is 0. The Bertz CT molecular complexity index is 1020. The highest BCUT2D eigenvalue weighted by Crippen LogP contribution is 2.53. The van der Waals surface area contributed by atoms with Gasteiger partial charge in [-0.05, 0) is 73.2 Å². The molecule has 0 bridgehead atoms. The second-order valence-electron chi connectivity index (χ2n) is 8.72. The van der Waals surface area contributed by atoms with Crippen LogP contribution >= 0.6 is 11.6 Å². The maximum Gasteiger partial charge on any atom is 0.211 e. The Kier molecular flexibility index (Phi) is 7.42. The summed E-state index contributed by atoms with van der Waals surface area (Å²) in [5, 5.41) is 4.54. The SMILES string of the molecule is NCCNS(=O)(=O)CCCOc1ccc2c(c1)C(C1(c3ccc(Cl)cc3)CCC1)NCC2. The van der Waals surface area contributed by atoms with Gasteiger partial charge in [0.05, 0.1) is 12.4 Å². The number of benzene rings is 2. The van der Waals surface area contributed by atoms with E-state index in [0.717, 1.165) is 36.6 Å². The Labute approximate surface area is 195 Å². The van der Waals surface area contributed by atoms with E-state index in [1.807, 2.05) is 18.2 Å². The molecule has 1 fully saturated rings. The second-order valence-corrected chi connectivity index (χ2v) is 11.1. The van der Waals surface area contributed by atoms with Gasteiger partial charge in [-0.15, -0.1) is 0 Å². The molecule has 2 aromatic rings. The van der Waals surface area contributed by atoms with Gasteiger partial charge >= 0.3 is 0 Å². The molecule has 0 amide bonds. The van der Waals surface area contributed by atoms with Crippen LogP contribution < -0.4 is 20.5 Å². The Hall–Kier alpha value is -1.64. The van der Waals surface area contributed by atoms with Crippen LogP contribution in [0.1, 0.15) is 48.4 Å². The van der Waals surface area contributed by atoms with Crippen LogP contribution in [0.25, 0.3) is 0 Å². The Morgan fingerprint density at radius 1 is 1.19 bits per heavy atom. The molecule has 32 heavy (non-hydrogen) atoms. The van der Waals surface area contributed by atoms with Gasteiger partial charge in [0.25, 0.3) is 0 Å². The summed E-state index contributed by atoms with van der Waals surface area (Å²) < 4.78 is 32.2. The van der Waals surface area contributed by atoms with Gasteiger partial charge in [0.1, 0.15) is 5.75 Å². The first-order chi connectivity index (χ1) is 15.4. The molecule has 1 aliphatic carbocycles. The third kappa shape index (κ3) is 5.13. The lowest BCUT2D eigenvalue weighted by molar-refractivity contribution is 0.164. The van der Waals surface area contributed by atoms with Crippen molar-refractivity contribution in [3.05, 3.63) is 64.2 Å². The van der Waals surface area contributed by atoms with Crippen LogP contribution in [-0.2, 0) is 21.9 Å². The van der Waals surface area contributed by atoms with Crippen LogP contribution in [0.4, 0.5) is 0 Å². The lowest BCUT2D eigenvalue weighted by Crippen LogP contribution is -2.49. The van der Waals surface area contributed by atoms with E-state index in [0.29, 0.717) is 13.0 Å². The van der Waals surface area contributed by atoms with Crippen LogP contribution in [0.15, 0.2) is 42.5 Å². The van der Waals surface area contributed by atoms with Crippen molar-refractivity contribution >= 4 is 21.6 Å². The Balaban J connectivity index is 1.47. The van der Waals surface area contributed by atoms with Gasteiger partial charge in [-0.3, -0.25) is 0 Å². The zero-order chi connectivity index (χ0) is 22.6. The molecule has 1 aliphatic heterocycles. The summed E-state index contributed by atoms with van der Waals surface area (Å²) in [5.74, 6) is 0.817. The van der Waals surface area contributed by atoms with E-state index in [1.165, 1.54) is 23.1 Å². The summed E-state index contributed by atoms with van der Waals surface area (Å²) in [6.45, 7) is 1.86.